The summed E-state index contributed by atoms with van der Waals surface area (Å²) in [5, 5.41) is 0. The number of allylic oxidation sites excluding steroid dienone is 1. The molecule has 2 aromatic carbocycles. The Bertz CT molecular complexity index is 681. The van der Waals surface area contributed by atoms with E-state index in [2.05, 4.69) is 17.0 Å². The zero-order chi connectivity index (χ0) is 16.1. The summed E-state index contributed by atoms with van der Waals surface area (Å²) in [6.07, 6.45) is 3.50. The van der Waals surface area contributed by atoms with E-state index in [1.807, 2.05) is 49.4 Å². The van der Waals surface area contributed by atoms with Gasteiger partial charge in [0.2, 0.25) is 0 Å². The van der Waals surface area contributed by atoms with E-state index in [1.54, 1.807) is 6.08 Å². The molecule has 0 radical (unpaired) electrons. The summed E-state index contributed by atoms with van der Waals surface area (Å²) in [5.41, 5.74) is 4.11. The van der Waals surface area contributed by atoms with Crippen molar-refractivity contribution < 1.29 is 9.53 Å². The summed E-state index contributed by atoms with van der Waals surface area (Å²) in [4.78, 5) is 14.4. The van der Waals surface area contributed by atoms with E-state index in [0.717, 1.165) is 43.0 Å². The van der Waals surface area contributed by atoms with Crippen molar-refractivity contribution in [3.05, 3.63) is 71.3 Å². The van der Waals surface area contributed by atoms with Crippen LogP contribution in [0.3, 0.4) is 0 Å². The predicted molar refractivity (Wildman–Crippen MR) is 94.0 cm³/mol. The number of ketones is 1. The van der Waals surface area contributed by atoms with E-state index in [4.69, 9.17) is 4.74 Å². The molecule has 0 spiro atoms. The van der Waals surface area contributed by atoms with Crippen LogP contribution in [0.2, 0.25) is 0 Å². The maximum Gasteiger partial charge on any atom is 0.185 e. The second-order valence-electron chi connectivity index (χ2n) is 5.75. The van der Waals surface area contributed by atoms with Crippen molar-refractivity contribution in [1.82, 2.24) is 0 Å². The Kier molecular flexibility index (Phi) is 4.89. The molecule has 1 aliphatic rings. The molecule has 1 saturated heterocycles. The van der Waals surface area contributed by atoms with Crippen molar-refractivity contribution in [3.8, 4) is 0 Å². The molecule has 1 fully saturated rings. The van der Waals surface area contributed by atoms with Crippen LogP contribution in [0, 0.1) is 6.92 Å². The first-order chi connectivity index (χ1) is 11.2. The average Bonchev–Trinajstić information content (AvgIpc) is 2.61. The summed E-state index contributed by atoms with van der Waals surface area (Å²) in [6, 6.07) is 15.9. The van der Waals surface area contributed by atoms with Gasteiger partial charge in [-0.05, 0) is 30.7 Å². The topological polar surface area (TPSA) is 29.5 Å². The zero-order valence-electron chi connectivity index (χ0n) is 13.4. The first-order valence-electron chi connectivity index (χ1n) is 7.94. The molecule has 0 atom stereocenters. The Balaban J connectivity index is 1.65. The van der Waals surface area contributed by atoms with Crippen molar-refractivity contribution in [3.63, 3.8) is 0 Å². The fourth-order valence-corrected chi connectivity index (χ4v) is 2.60. The number of ether oxygens (including phenoxy) is 1. The van der Waals surface area contributed by atoms with Crippen molar-refractivity contribution >= 4 is 17.5 Å². The Morgan fingerprint density at radius 2 is 1.65 bits per heavy atom. The van der Waals surface area contributed by atoms with Crippen LogP contribution in [0.15, 0.2) is 54.6 Å². The highest BCUT2D eigenvalue weighted by Gasteiger charge is 2.10. The van der Waals surface area contributed by atoms with Crippen molar-refractivity contribution in [2.75, 3.05) is 31.2 Å². The Labute approximate surface area is 137 Å². The average molecular weight is 307 g/mol. The van der Waals surface area contributed by atoms with Gasteiger partial charge in [-0.25, -0.2) is 0 Å². The molecule has 0 N–H and O–H groups in total. The van der Waals surface area contributed by atoms with Crippen molar-refractivity contribution in [2.24, 2.45) is 0 Å². The van der Waals surface area contributed by atoms with Gasteiger partial charge in [0.15, 0.2) is 5.78 Å². The highest BCUT2D eigenvalue weighted by molar-refractivity contribution is 6.06. The molecule has 0 unspecified atom stereocenters. The monoisotopic (exact) mass is 307 g/mol. The molecule has 118 valence electrons. The Morgan fingerprint density at radius 1 is 1.00 bits per heavy atom. The van der Waals surface area contributed by atoms with Gasteiger partial charge in [-0.1, -0.05) is 48.0 Å². The van der Waals surface area contributed by atoms with Gasteiger partial charge in [0.1, 0.15) is 0 Å². The standard InChI is InChI=1S/C20H21NO2/c1-16-2-7-18(8-3-16)20(22)11-6-17-4-9-19(10-5-17)21-12-14-23-15-13-21/h2-11H,12-15H2,1H3/b11-6+. The summed E-state index contributed by atoms with van der Waals surface area (Å²) in [6.45, 7) is 5.45. The second kappa shape index (κ2) is 7.25. The number of hydrogen-bond acceptors (Lipinski definition) is 3. The predicted octanol–water partition coefficient (Wildman–Crippen LogP) is 3.73. The third-order valence-electron chi connectivity index (χ3n) is 4.03. The SMILES string of the molecule is Cc1ccc(C(=O)/C=C/c2ccc(N3CCOCC3)cc2)cc1. The van der Waals surface area contributed by atoms with Crippen LogP contribution >= 0.6 is 0 Å². The number of aryl methyl sites for hydroxylation is 1. The van der Waals surface area contributed by atoms with Gasteiger partial charge in [0.25, 0.3) is 0 Å². The van der Waals surface area contributed by atoms with Gasteiger partial charge in [-0.3, -0.25) is 4.79 Å². The minimum Gasteiger partial charge on any atom is -0.378 e. The second-order valence-corrected chi connectivity index (χ2v) is 5.75. The largest absolute Gasteiger partial charge is 0.378 e. The van der Waals surface area contributed by atoms with Crippen molar-refractivity contribution in [2.45, 2.75) is 6.92 Å². The smallest absolute Gasteiger partial charge is 0.185 e. The molecule has 3 rings (SSSR count). The number of anilines is 1. The molecule has 0 bridgehead atoms. The molecule has 3 heteroatoms. The highest BCUT2D eigenvalue weighted by atomic mass is 16.5. The van der Waals surface area contributed by atoms with Crippen molar-refractivity contribution in [1.29, 1.82) is 0 Å². The van der Waals surface area contributed by atoms with Gasteiger partial charge in [0, 0.05) is 24.3 Å². The molecule has 2 aromatic rings. The first-order valence-corrected chi connectivity index (χ1v) is 7.94. The van der Waals surface area contributed by atoms with Crippen LogP contribution in [0.25, 0.3) is 6.08 Å². The molecule has 3 nitrogen and oxygen atoms in total. The van der Waals surface area contributed by atoms with Crippen LogP contribution in [-0.2, 0) is 4.74 Å². The summed E-state index contributed by atoms with van der Waals surface area (Å²) in [7, 11) is 0. The van der Waals surface area contributed by atoms with E-state index < -0.39 is 0 Å². The van der Waals surface area contributed by atoms with E-state index in [9.17, 15) is 4.79 Å². The molecule has 0 aliphatic carbocycles. The van der Waals surface area contributed by atoms with Gasteiger partial charge in [0.05, 0.1) is 13.2 Å². The molecule has 0 aromatic heterocycles. The molecule has 1 aliphatic heterocycles. The third-order valence-corrected chi connectivity index (χ3v) is 4.03. The zero-order valence-corrected chi connectivity index (χ0v) is 13.4. The number of nitrogens with zero attached hydrogens (tertiary/aromatic N) is 1. The first kappa shape index (κ1) is 15.5. The van der Waals surface area contributed by atoms with Crippen LogP contribution in [-0.4, -0.2) is 32.1 Å². The van der Waals surface area contributed by atoms with E-state index >= 15 is 0 Å². The van der Waals surface area contributed by atoms with Crippen LogP contribution in [0.5, 0.6) is 0 Å². The Hall–Kier alpha value is -2.39. The number of hydrogen-bond donors (Lipinski definition) is 0. The number of benzene rings is 2. The van der Waals surface area contributed by atoms with Crippen LogP contribution in [0.4, 0.5) is 5.69 Å². The minimum atomic E-state index is 0.0299. The number of carbonyl (C=O) groups excluding carboxylic acids is 1. The maximum absolute atomic E-state index is 12.1. The lowest BCUT2D eigenvalue weighted by molar-refractivity contribution is 0.104. The lowest BCUT2D eigenvalue weighted by Crippen LogP contribution is -2.36. The molecular formula is C20H21NO2. The Morgan fingerprint density at radius 3 is 2.30 bits per heavy atom. The molecule has 23 heavy (non-hydrogen) atoms. The van der Waals surface area contributed by atoms with E-state index in [-0.39, 0.29) is 5.78 Å². The van der Waals surface area contributed by atoms with Gasteiger partial charge < -0.3 is 9.64 Å². The van der Waals surface area contributed by atoms with E-state index in [1.165, 1.54) is 5.69 Å². The van der Waals surface area contributed by atoms with Gasteiger partial charge in [-0.2, -0.15) is 0 Å². The normalized spacial score (nSPS) is 15.1. The lowest BCUT2D eigenvalue weighted by Gasteiger charge is -2.28. The maximum atomic E-state index is 12.1. The fourth-order valence-electron chi connectivity index (χ4n) is 2.60. The lowest BCUT2D eigenvalue weighted by atomic mass is 10.1. The summed E-state index contributed by atoms with van der Waals surface area (Å²) >= 11 is 0. The number of rotatable bonds is 4. The van der Waals surface area contributed by atoms with Gasteiger partial charge in [-0.15, -0.1) is 0 Å². The summed E-state index contributed by atoms with van der Waals surface area (Å²) < 4.78 is 5.37. The molecule has 1 heterocycles. The van der Waals surface area contributed by atoms with Gasteiger partial charge >= 0.3 is 0 Å². The number of morpholine rings is 1. The summed E-state index contributed by atoms with van der Waals surface area (Å²) in [5.74, 6) is 0.0299. The number of carbonyl (C=O) groups is 1. The highest BCUT2D eigenvalue weighted by Crippen LogP contribution is 2.17. The minimum absolute atomic E-state index is 0.0299. The molecular weight excluding hydrogens is 286 g/mol. The van der Waals surface area contributed by atoms with E-state index in [0.29, 0.717) is 0 Å². The van der Waals surface area contributed by atoms with Crippen LogP contribution in [0.1, 0.15) is 21.5 Å². The molecule has 0 saturated carbocycles. The third kappa shape index (κ3) is 4.08. The molecule has 0 amide bonds. The fraction of sp³-hybridized carbons (Fsp3) is 0.250. The quantitative estimate of drug-likeness (QED) is 0.637. The van der Waals surface area contributed by atoms with Crippen LogP contribution < -0.4 is 4.90 Å².